The SMILES string of the molecule is CCOc1cccc(-c2nc(C)ccc2-c2ccc(OC)cc2)c1N1CCCC1. The van der Waals surface area contributed by atoms with Gasteiger partial charge in [0.25, 0.3) is 0 Å². The highest BCUT2D eigenvalue weighted by atomic mass is 16.5. The molecule has 0 unspecified atom stereocenters. The normalized spacial score (nSPS) is 13.6. The van der Waals surface area contributed by atoms with Crippen LogP contribution in [0, 0.1) is 6.92 Å². The van der Waals surface area contributed by atoms with Gasteiger partial charge in [0, 0.05) is 29.9 Å². The molecule has 1 aromatic heterocycles. The van der Waals surface area contributed by atoms with Gasteiger partial charge in [-0.25, -0.2) is 0 Å². The number of methoxy groups -OCH3 is 1. The van der Waals surface area contributed by atoms with Crippen molar-refractivity contribution in [3.8, 4) is 33.9 Å². The Kier molecular flexibility index (Phi) is 5.70. The molecule has 0 radical (unpaired) electrons. The minimum atomic E-state index is 0.650. The van der Waals surface area contributed by atoms with Crippen molar-refractivity contribution >= 4 is 5.69 Å². The van der Waals surface area contributed by atoms with Gasteiger partial charge < -0.3 is 14.4 Å². The summed E-state index contributed by atoms with van der Waals surface area (Å²) in [6.07, 6.45) is 2.43. The van der Waals surface area contributed by atoms with Crippen LogP contribution in [0.5, 0.6) is 11.5 Å². The Balaban J connectivity index is 1.90. The van der Waals surface area contributed by atoms with Crippen LogP contribution in [0.15, 0.2) is 54.6 Å². The van der Waals surface area contributed by atoms with E-state index in [2.05, 4.69) is 47.4 Å². The molecule has 0 saturated carbocycles. The quantitative estimate of drug-likeness (QED) is 0.540. The van der Waals surface area contributed by atoms with Crippen LogP contribution in [0.3, 0.4) is 0 Å². The van der Waals surface area contributed by atoms with Gasteiger partial charge in [-0.3, -0.25) is 4.98 Å². The lowest BCUT2D eigenvalue weighted by molar-refractivity contribution is 0.341. The fraction of sp³-hybridized carbons (Fsp3) is 0.320. The summed E-state index contributed by atoms with van der Waals surface area (Å²) in [4.78, 5) is 7.43. The van der Waals surface area contributed by atoms with Crippen molar-refractivity contribution < 1.29 is 9.47 Å². The molecule has 1 aliphatic heterocycles. The maximum atomic E-state index is 6.03. The summed E-state index contributed by atoms with van der Waals surface area (Å²) in [5.41, 5.74) is 6.55. The van der Waals surface area contributed by atoms with Gasteiger partial charge in [-0.05, 0) is 56.5 Å². The first-order valence-electron chi connectivity index (χ1n) is 10.3. The highest BCUT2D eigenvalue weighted by Gasteiger charge is 2.23. The molecular formula is C25H28N2O2. The number of anilines is 1. The standard InChI is InChI=1S/C25H28N2O2/c1-4-29-23-9-7-8-22(25(23)27-16-5-6-17-27)24-21(15-10-18(2)26-24)19-11-13-20(28-3)14-12-19/h7-15H,4-6,16-17H2,1-3H3. The second-order valence-corrected chi connectivity index (χ2v) is 7.36. The molecule has 0 amide bonds. The van der Waals surface area contributed by atoms with Crippen LogP contribution in [0.2, 0.25) is 0 Å². The van der Waals surface area contributed by atoms with Gasteiger partial charge in [0.2, 0.25) is 0 Å². The highest BCUT2D eigenvalue weighted by Crippen LogP contribution is 2.43. The summed E-state index contributed by atoms with van der Waals surface area (Å²) >= 11 is 0. The van der Waals surface area contributed by atoms with Crippen molar-refractivity contribution in [1.82, 2.24) is 4.98 Å². The number of aromatic nitrogens is 1. The van der Waals surface area contributed by atoms with Gasteiger partial charge in [-0.15, -0.1) is 0 Å². The average molecular weight is 389 g/mol. The number of nitrogens with zero attached hydrogens (tertiary/aromatic N) is 2. The largest absolute Gasteiger partial charge is 0.497 e. The third-order valence-corrected chi connectivity index (χ3v) is 5.41. The summed E-state index contributed by atoms with van der Waals surface area (Å²) < 4.78 is 11.4. The third-order valence-electron chi connectivity index (χ3n) is 5.41. The number of ether oxygens (including phenoxy) is 2. The molecule has 0 aliphatic carbocycles. The van der Waals surface area contributed by atoms with Crippen LogP contribution in [0.1, 0.15) is 25.5 Å². The van der Waals surface area contributed by atoms with Crippen molar-refractivity contribution in [1.29, 1.82) is 0 Å². The molecule has 29 heavy (non-hydrogen) atoms. The minimum absolute atomic E-state index is 0.650. The van der Waals surface area contributed by atoms with E-state index >= 15 is 0 Å². The molecule has 0 spiro atoms. The Morgan fingerprint density at radius 3 is 2.38 bits per heavy atom. The van der Waals surface area contributed by atoms with E-state index in [0.717, 1.165) is 52.7 Å². The van der Waals surface area contributed by atoms with E-state index in [-0.39, 0.29) is 0 Å². The number of benzene rings is 2. The first-order chi connectivity index (χ1) is 14.2. The molecule has 4 heteroatoms. The first kappa shape index (κ1) is 19.3. The number of hydrogen-bond acceptors (Lipinski definition) is 4. The zero-order valence-corrected chi connectivity index (χ0v) is 17.4. The molecule has 2 aromatic carbocycles. The minimum Gasteiger partial charge on any atom is -0.497 e. The van der Waals surface area contributed by atoms with Gasteiger partial charge in [-0.1, -0.05) is 30.3 Å². The van der Waals surface area contributed by atoms with Crippen molar-refractivity contribution in [2.24, 2.45) is 0 Å². The lowest BCUT2D eigenvalue weighted by Gasteiger charge is -2.25. The van der Waals surface area contributed by atoms with E-state index in [1.165, 1.54) is 18.5 Å². The lowest BCUT2D eigenvalue weighted by Crippen LogP contribution is -2.20. The van der Waals surface area contributed by atoms with Crippen molar-refractivity contribution in [3.05, 3.63) is 60.3 Å². The molecule has 1 aliphatic rings. The van der Waals surface area contributed by atoms with Gasteiger partial charge >= 0.3 is 0 Å². The Labute approximate surface area is 173 Å². The molecule has 4 rings (SSSR count). The Hall–Kier alpha value is -3.01. The Bertz CT molecular complexity index is 977. The first-order valence-corrected chi connectivity index (χ1v) is 10.3. The van der Waals surface area contributed by atoms with Crippen LogP contribution in [0.25, 0.3) is 22.4 Å². The van der Waals surface area contributed by atoms with Crippen molar-refractivity contribution in [3.63, 3.8) is 0 Å². The van der Waals surface area contributed by atoms with Crippen LogP contribution < -0.4 is 14.4 Å². The summed E-state index contributed by atoms with van der Waals surface area (Å²) in [5.74, 6) is 1.79. The second kappa shape index (κ2) is 8.56. The van der Waals surface area contributed by atoms with Crippen LogP contribution in [-0.4, -0.2) is 31.8 Å². The summed E-state index contributed by atoms with van der Waals surface area (Å²) in [6.45, 7) is 6.84. The van der Waals surface area contributed by atoms with Gasteiger partial charge in [0.05, 0.1) is 25.1 Å². The molecule has 4 nitrogen and oxygen atoms in total. The second-order valence-electron chi connectivity index (χ2n) is 7.36. The van der Waals surface area contributed by atoms with Crippen LogP contribution >= 0.6 is 0 Å². The Morgan fingerprint density at radius 2 is 1.69 bits per heavy atom. The van der Waals surface area contributed by atoms with E-state index in [9.17, 15) is 0 Å². The molecule has 0 N–H and O–H groups in total. The smallest absolute Gasteiger partial charge is 0.143 e. The number of pyridine rings is 1. The molecule has 3 aromatic rings. The lowest BCUT2D eigenvalue weighted by atomic mass is 9.97. The fourth-order valence-electron chi connectivity index (χ4n) is 4.02. The van der Waals surface area contributed by atoms with E-state index in [0.29, 0.717) is 6.61 Å². The zero-order chi connectivity index (χ0) is 20.2. The predicted octanol–water partition coefficient (Wildman–Crippen LogP) is 5.73. The summed E-state index contributed by atoms with van der Waals surface area (Å²) in [6, 6.07) is 18.7. The Morgan fingerprint density at radius 1 is 0.931 bits per heavy atom. The molecule has 150 valence electrons. The van der Waals surface area contributed by atoms with Crippen LogP contribution in [-0.2, 0) is 0 Å². The van der Waals surface area contributed by atoms with Crippen molar-refractivity contribution in [2.45, 2.75) is 26.7 Å². The maximum absolute atomic E-state index is 6.03. The number of para-hydroxylation sites is 1. The summed E-state index contributed by atoms with van der Waals surface area (Å²) in [5, 5.41) is 0. The van der Waals surface area contributed by atoms with Gasteiger partial charge in [0.1, 0.15) is 11.5 Å². The van der Waals surface area contributed by atoms with Crippen molar-refractivity contribution in [2.75, 3.05) is 31.7 Å². The maximum Gasteiger partial charge on any atom is 0.143 e. The number of hydrogen-bond donors (Lipinski definition) is 0. The van der Waals surface area contributed by atoms with Gasteiger partial charge in [-0.2, -0.15) is 0 Å². The average Bonchev–Trinajstić information content (AvgIpc) is 3.28. The number of aryl methyl sites for hydroxylation is 1. The fourth-order valence-corrected chi connectivity index (χ4v) is 4.02. The van der Waals surface area contributed by atoms with E-state index in [4.69, 9.17) is 14.5 Å². The molecule has 1 fully saturated rings. The monoisotopic (exact) mass is 388 g/mol. The predicted molar refractivity (Wildman–Crippen MR) is 119 cm³/mol. The third kappa shape index (κ3) is 3.93. The topological polar surface area (TPSA) is 34.6 Å². The molecule has 0 atom stereocenters. The van der Waals surface area contributed by atoms with E-state index in [1.807, 2.05) is 26.0 Å². The molecule has 2 heterocycles. The van der Waals surface area contributed by atoms with E-state index in [1.54, 1.807) is 7.11 Å². The molecule has 0 bridgehead atoms. The number of rotatable bonds is 6. The summed E-state index contributed by atoms with van der Waals surface area (Å²) in [7, 11) is 1.69. The highest BCUT2D eigenvalue weighted by molar-refractivity contribution is 5.90. The molecule has 1 saturated heterocycles. The van der Waals surface area contributed by atoms with Gasteiger partial charge in [0.15, 0.2) is 0 Å². The van der Waals surface area contributed by atoms with E-state index < -0.39 is 0 Å². The zero-order valence-electron chi connectivity index (χ0n) is 17.4. The van der Waals surface area contributed by atoms with Crippen LogP contribution in [0.4, 0.5) is 5.69 Å². The molecular weight excluding hydrogens is 360 g/mol.